The van der Waals surface area contributed by atoms with Crippen LogP contribution in [0.3, 0.4) is 0 Å². The summed E-state index contributed by atoms with van der Waals surface area (Å²) in [6.45, 7) is 0. The van der Waals surface area contributed by atoms with Crippen LogP contribution in [0.2, 0.25) is 0 Å². The maximum Gasteiger partial charge on any atom is 0.220 e. The summed E-state index contributed by atoms with van der Waals surface area (Å²) in [6.07, 6.45) is 10.0. The molecule has 2 nitrogen and oxygen atoms in total. The van der Waals surface area contributed by atoms with E-state index < -0.39 is 0 Å². The van der Waals surface area contributed by atoms with Gasteiger partial charge in [0.25, 0.3) is 0 Å². The van der Waals surface area contributed by atoms with Crippen LogP contribution in [0.4, 0.5) is 0 Å². The molecular weight excluding hydrogens is 150 g/mol. The van der Waals surface area contributed by atoms with Gasteiger partial charge in [-0.25, -0.2) is 0 Å². The van der Waals surface area contributed by atoms with Crippen LogP contribution in [0.25, 0.3) is 0 Å². The van der Waals surface area contributed by atoms with Crippen LogP contribution in [0, 0.1) is 11.3 Å². The highest BCUT2D eigenvalue weighted by Gasteiger charge is 2.40. The van der Waals surface area contributed by atoms with E-state index in [1.54, 1.807) is 0 Å². The molecule has 2 aliphatic rings. The summed E-state index contributed by atoms with van der Waals surface area (Å²) in [4.78, 5) is 10.9. The molecule has 2 heteroatoms. The predicted molar refractivity (Wildman–Crippen MR) is 47.3 cm³/mol. The molecule has 1 atom stereocenters. The van der Waals surface area contributed by atoms with E-state index in [9.17, 15) is 4.79 Å². The van der Waals surface area contributed by atoms with Crippen LogP contribution >= 0.6 is 0 Å². The zero-order valence-electron chi connectivity index (χ0n) is 7.25. The maximum atomic E-state index is 10.9. The summed E-state index contributed by atoms with van der Waals surface area (Å²) in [7, 11) is 0. The number of nitrogens with two attached hydrogens (primary N) is 1. The van der Waals surface area contributed by atoms with Crippen LogP contribution in [-0.4, -0.2) is 5.91 Å². The topological polar surface area (TPSA) is 43.1 Å². The summed E-state index contributed by atoms with van der Waals surface area (Å²) in [5, 5.41) is 0. The van der Waals surface area contributed by atoms with Crippen molar-refractivity contribution in [1.29, 1.82) is 0 Å². The Morgan fingerprint density at radius 2 is 2.08 bits per heavy atom. The fourth-order valence-electron chi connectivity index (χ4n) is 2.57. The normalized spacial score (nSPS) is 31.5. The second-order valence-corrected chi connectivity index (χ2v) is 4.22. The van der Waals surface area contributed by atoms with E-state index in [4.69, 9.17) is 5.73 Å². The van der Waals surface area contributed by atoms with E-state index in [0.717, 1.165) is 25.7 Å². The van der Waals surface area contributed by atoms with Crippen molar-refractivity contribution in [2.75, 3.05) is 0 Å². The molecule has 0 aromatic rings. The van der Waals surface area contributed by atoms with Gasteiger partial charge in [0.15, 0.2) is 0 Å². The standard InChI is InChI=1S/C10H15NO/c11-9(12)8-3-6-10(7-8)4-1-2-5-10/h1-2,8H,3-7H2,(H2,11,12). The molecule has 1 fully saturated rings. The van der Waals surface area contributed by atoms with Crippen molar-refractivity contribution in [1.82, 2.24) is 0 Å². The number of carbonyl (C=O) groups is 1. The third-order valence-electron chi connectivity index (χ3n) is 3.37. The highest BCUT2D eigenvalue weighted by atomic mass is 16.1. The average Bonchev–Trinajstić information content (AvgIpc) is 2.62. The molecule has 2 N–H and O–H groups in total. The van der Waals surface area contributed by atoms with Gasteiger partial charge in [-0.1, -0.05) is 12.2 Å². The van der Waals surface area contributed by atoms with Gasteiger partial charge in [0.1, 0.15) is 0 Å². The molecule has 12 heavy (non-hydrogen) atoms. The minimum Gasteiger partial charge on any atom is -0.369 e. The van der Waals surface area contributed by atoms with E-state index in [1.165, 1.54) is 6.42 Å². The van der Waals surface area contributed by atoms with Crippen molar-refractivity contribution in [3.8, 4) is 0 Å². The van der Waals surface area contributed by atoms with Crippen molar-refractivity contribution in [3.63, 3.8) is 0 Å². The minimum atomic E-state index is -0.0984. The molecule has 1 spiro atoms. The second kappa shape index (κ2) is 2.61. The lowest BCUT2D eigenvalue weighted by Gasteiger charge is -2.21. The Balaban J connectivity index is 2.02. The summed E-state index contributed by atoms with van der Waals surface area (Å²) >= 11 is 0. The number of amides is 1. The van der Waals surface area contributed by atoms with Gasteiger partial charge in [-0.3, -0.25) is 4.79 Å². The van der Waals surface area contributed by atoms with Gasteiger partial charge in [-0.05, 0) is 37.5 Å². The molecule has 1 unspecified atom stereocenters. The maximum absolute atomic E-state index is 10.9. The number of rotatable bonds is 1. The third-order valence-corrected chi connectivity index (χ3v) is 3.37. The van der Waals surface area contributed by atoms with Crippen molar-refractivity contribution in [3.05, 3.63) is 12.2 Å². The predicted octanol–water partition coefficient (Wildman–Crippen LogP) is 1.61. The van der Waals surface area contributed by atoms with Gasteiger partial charge < -0.3 is 5.73 Å². The van der Waals surface area contributed by atoms with Gasteiger partial charge in [0.05, 0.1) is 0 Å². The number of carbonyl (C=O) groups excluding carboxylic acids is 1. The van der Waals surface area contributed by atoms with E-state index in [1.807, 2.05) is 0 Å². The number of hydrogen-bond acceptors (Lipinski definition) is 1. The number of primary amides is 1. The quantitative estimate of drug-likeness (QED) is 0.589. The Morgan fingerprint density at radius 3 is 2.58 bits per heavy atom. The third kappa shape index (κ3) is 1.15. The van der Waals surface area contributed by atoms with Crippen LogP contribution in [0.5, 0.6) is 0 Å². The molecule has 66 valence electrons. The summed E-state index contributed by atoms with van der Waals surface area (Å²) in [5.41, 5.74) is 5.72. The fraction of sp³-hybridized carbons (Fsp3) is 0.700. The molecule has 0 bridgehead atoms. The summed E-state index contributed by atoms with van der Waals surface area (Å²) in [5.74, 6) is 0.0590. The molecule has 1 amide bonds. The minimum absolute atomic E-state index is 0.0984. The monoisotopic (exact) mass is 165 g/mol. The SMILES string of the molecule is NC(=O)C1CCC2(CC=CC2)C1. The van der Waals surface area contributed by atoms with E-state index in [2.05, 4.69) is 12.2 Å². The number of hydrogen-bond donors (Lipinski definition) is 1. The first-order valence-corrected chi connectivity index (χ1v) is 4.66. The molecule has 0 aromatic carbocycles. The van der Waals surface area contributed by atoms with Crippen LogP contribution < -0.4 is 5.73 Å². The summed E-state index contributed by atoms with van der Waals surface area (Å²) in [6, 6.07) is 0. The Kier molecular flexibility index (Phi) is 1.71. The largest absolute Gasteiger partial charge is 0.369 e. The average molecular weight is 165 g/mol. The number of allylic oxidation sites excluding steroid dienone is 2. The van der Waals surface area contributed by atoms with Crippen LogP contribution in [0.15, 0.2) is 12.2 Å². The molecule has 2 rings (SSSR count). The van der Waals surface area contributed by atoms with Gasteiger partial charge >= 0.3 is 0 Å². The Labute approximate surface area is 72.8 Å². The van der Waals surface area contributed by atoms with Gasteiger partial charge in [-0.15, -0.1) is 0 Å². The second-order valence-electron chi connectivity index (χ2n) is 4.22. The van der Waals surface area contributed by atoms with Crippen molar-refractivity contribution >= 4 is 5.91 Å². The summed E-state index contributed by atoms with van der Waals surface area (Å²) < 4.78 is 0. The Bertz CT molecular complexity index is 224. The van der Waals surface area contributed by atoms with Gasteiger partial charge in [0, 0.05) is 5.92 Å². The smallest absolute Gasteiger partial charge is 0.220 e. The molecule has 0 heterocycles. The molecule has 0 aromatic heterocycles. The van der Waals surface area contributed by atoms with E-state index >= 15 is 0 Å². The Hall–Kier alpha value is -0.790. The lowest BCUT2D eigenvalue weighted by atomic mass is 9.83. The van der Waals surface area contributed by atoms with E-state index in [0.29, 0.717) is 5.41 Å². The van der Waals surface area contributed by atoms with Crippen LogP contribution in [-0.2, 0) is 4.79 Å². The molecule has 0 aliphatic heterocycles. The zero-order valence-corrected chi connectivity index (χ0v) is 7.25. The molecule has 0 radical (unpaired) electrons. The first-order valence-electron chi connectivity index (χ1n) is 4.66. The lowest BCUT2D eigenvalue weighted by molar-refractivity contribution is -0.121. The molecule has 1 saturated carbocycles. The van der Waals surface area contributed by atoms with Gasteiger partial charge in [0.2, 0.25) is 5.91 Å². The zero-order chi connectivity index (χ0) is 8.60. The van der Waals surface area contributed by atoms with Crippen molar-refractivity contribution in [2.24, 2.45) is 17.1 Å². The lowest BCUT2D eigenvalue weighted by Crippen LogP contribution is -2.22. The van der Waals surface area contributed by atoms with Gasteiger partial charge in [-0.2, -0.15) is 0 Å². The van der Waals surface area contributed by atoms with Crippen LogP contribution in [0.1, 0.15) is 32.1 Å². The highest BCUT2D eigenvalue weighted by Crippen LogP contribution is 2.49. The fourth-order valence-corrected chi connectivity index (χ4v) is 2.57. The molecular formula is C10H15NO. The van der Waals surface area contributed by atoms with Crippen molar-refractivity contribution in [2.45, 2.75) is 32.1 Å². The highest BCUT2D eigenvalue weighted by molar-refractivity contribution is 5.77. The first kappa shape index (κ1) is 7.84. The van der Waals surface area contributed by atoms with E-state index in [-0.39, 0.29) is 11.8 Å². The molecule has 2 aliphatic carbocycles. The first-order chi connectivity index (χ1) is 5.72. The van der Waals surface area contributed by atoms with Crippen molar-refractivity contribution < 1.29 is 4.79 Å². The molecule has 0 saturated heterocycles. The Morgan fingerprint density at radius 1 is 1.42 bits per heavy atom.